The lowest BCUT2D eigenvalue weighted by Crippen LogP contribution is -2.49. The minimum Gasteiger partial charge on any atom is -0.481 e. The van der Waals surface area contributed by atoms with Gasteiger partial charge in [0.15, 0.2) is 0 Å². The van der Waals surface area contributed by atoms with Crippen molar-refractivity contribution in [2.24, 2.45) is 5.73 Å². The fourth-order valence-electron chi connectivity index (χ4n) is 2.88. The Labute approximate surface area is 121 Å². The second-order valence-electron chi connectivity index (χ2n) is 5.61. The number of rotatable bonds is 5. The molecule has 20 heavy (non-hydrogen) atoms. The van der Waals surface area contributed by atoms with Gasteiger partial charge in [-0.2, -0.15) is 0 Å². The topological polar surface area (TPSA) is 60.6 Å². The molecular formula is C15H25N3O2. The number of methoxy groups -OCH3 is 2. The monoisotopic (exact) mass is 279 g/mol. The van der Waals surface area contributed by atoms with Gasteiger partial charge in [0.2, 0.25) is 5.88 Å². The zero-order valence-electron chi connectivity index (χ0n) is 12.6. The van der Waals surface area contributed by atoms with E-state index in [-0.39, 0.29) is 11.6 Å². The molecule has 1 aliphatic rings. The Morgan fingerprint density at radius 1 is 1.45 bits per heavy atom. The number of likely N-dealkylation sites (tertiary alicyclic amines) is 1. The van der Waals surface area contributed by atoms with E-state index in [1.54, 1.807) is 14.2 Å². The normalized spacial score (nSPS) is 25.4. The highest BCUT2D eigenvalue weighted by molar-refractivity contribution is 5.21. The van der Waals surface area contributed by atoms with Gasteiger partial charge >= 0.3 is 0 Å². The molecule has 5 heteroatoms. The van der Waals surface area contributed by atoms with E-state index in [1.165, 1.54) is 0 Å². The van der Waals surface area contributed by atoms with Gasteiger partial charge in [-0.3, -0.25) is 4.90 Å². The number of ether oxygens (including phenoxy) is 2. The molecule has 2 heterocycles. The minimum atomic E-state index is -0.0778. The molecule has 112 valence electrons. The highest BCUT2D eigenvalue weighted by atomic mass is 16.5. The Balaban J connectivity index is 2.14. The molecule has 0 spiro atoms. The smallest absolute Gasteiger partial charge is 0.212 e. The average molecular weight is 279 g/mol. The molecule has 1 aromatic rings. The summed E-state index contributed by atoms with van der Waals surface area (Å²) < 4.78 is 10.8. The number of nitrogens with two attached hydrogens (primary N) is 1. The van der Waals surface area contributed by atoms with Gasteiger partial charge in [0.25, 0.3) is 0 Å². The van der Waals surface area contributed by atoms with Gasteiger partial charge < -0.3 is 15.2 Å². The van der Waals surface area contributed by atoms with E-state index in [0.717, 1.165) is 31.5 Å². The molecule has 0 aromatic carbocycles. The Morgan fingerprint density at radius 3 is 2.80 bits per heavy atom. The van der Waals surface area contributed by atoms with Gasteiger partial charge in [-0.25, -0.2) is 4.98 Å². The summed E-state index contributed by atoms with van der Waals surface area (Å²) in [6, 6.07) is 4.11. The maximum absolute atomic E-state index is 5.99. The van der Waals surface area contributed by atoms with Crippen molar-refractivity contribution in [3.8, 4) is 5.88 Å². The van der Waals surface area contributed by atoms with Crippen molar-refractivity contribution in [3.05, 3.63) is 23.9 Å². The van der Waals surface area contributed by atoms with E-state index < -0.39 is 0 Å². The van der Waals surface area contributed by atoms with Crippen LogP contribution in [-0.4, -0.2) is 49.3 Å². The van der Waals surface area contributed by atoms with E-state index >= 15 is 0 Å². The summed E-state index contributed by atoms with van der Waals surface area (Å²) in [4.78, 5) is 6.68. The Morgan fingerprint density at radius 2 is 2.25 bits per heavy atom. The van der Waals surface area contributed by atoms with Crippen LogP contribution in [0.5, 0.6) is 5.88 Å². The number of nitrogens with zero attached hydrogens (tertiary/aromatic N) is 2. The summed E-state index contributed by atoms with van der Waals surface area (Å²) in [6.07, 6.45) is 4.08. The van der Waals surface area contributed by atoms with Gasteiger partial charge in [-0.1, -0.05) is 6.07 Å². The summed E-state index contributed by atoms with van der Waals surface area (Å²) >= 11 is 0. The maximum Gasteiger partial charge on any atom is 0.212 e. The van der Waals surface area contributed by atoms with Crippen LogP contribution >= 0.6 is 0 Å². The molecule has 0 bridgehead atoms. The molecule has 2 rings (SSSR count). The van der Waals surface area contributed by atoms with E-state index in [4.69, 9.17) is 15.2 Å². The lowest BCUT2D eigenvalue weighted by Gasteiger charge is -2.43. The first-order valence-electron chi connectivity index (χ1n) is 7.11. The van der Waals surface area contributed by atoms with Crippen molar-refractivity contribution in [1.82, 2.24) is 9.88 Å². The van der Waals surface area contributed by atoms with Gasteiger partial charge in [-0.05, 0) is 31.9 Å². The van der Waals surface area contributed by atoms with E-state index in [9.17, 15) is 0 Å². The molecule has 1 saturated heterocycles. The molecule has 5 nitrogen and oxygen atoms in total. The molecule has 2 N–H and O–H groups in total. The zero-order chi connectivity index (χ0) is 14.6. The number of hydrogen-bond acceptors (Lipinski definition) is 5. The molecule has 1 aliphatic heterocycles. The number of pyridine rings is 1. The van der Waals surface area contributed by atoms with Crippen LogP contribution in [0.3, 0.4) is 0 Å². The van der Waals surface area contributed by atoms with Crippen LogP contribution in [0.25, 0.3) is 0 Å². The summed E-state index contributed by atoms with van der Waals surface area (Å²) in [5, 5.41) is 0. The highest BCUT2D eigenvalue weighted by Crippen LogP contribution is 2.30. The van der Waals surface area contributed by atoms with Crippen molar-refractivity contribution in [1.29, 1.82) is 0 Å². The van der Waals surface area contributed by atoms with Crippen molar-refractivity contribution >= 4 is 0 Å². The molecular weight excluding hydrogens is 254 g/mol. The lowest BCUT2D eigenvalue weighted by molar-refractivity contribution is -0.0608. The Hall–Kier alpha value is -1.17. The fourth-order valence-corrected chi connectivity index (χ4v) is 2.88. The predicted molar refractivity (Wildman–Crippen MR) is 78.8 cm³/mol. The third kappa shape index (κ3) is 3.29. The van der Waals surface area contributed by atoms with E-state index in [0.29, 0.717) is 12.4 Å². The number of aromatic nitrogens is 1. The summed E-state index contributed by atoms with van der Waals surface area (Å²) in [5.74, 6) is 0.630. The average Bonchev–Trinajstić information content (AvgIpc) is 2.49. The van der Waals surface area contributed by atoms with Crippen molar-refractivity contribution in [2.45, 2.75) is 31.4 Å². The lowest BCUT2D eigenvalue weighted by atomic mass is 9.92. The standard InChI is InChI=1S/C15H25N3O2/c1-15(20-3)7-4-8-18(11-15)13(9-16)12-5-6-14(19-2)17-10-12/h5-6,10,13H,4,7-9,11,16H2,1-3H3. The van der Waals surface area contributed by atoms with Crippen LogP contribution in [0.2, 0.25) is 0 Å². The molecule has 2 atom stereocenters. The van der Waals surface area contributed by atoms with Crippen molar-refractivity contribution in [3.63, 3.8) is 0 Å². The quantitative estimate of drug-likeness (QED) is 0.887. The van der Waals surface area contributed by atoms with Crippen LogP contribution in [0.4, 0.5) is 0 Å². The first-order chi connectivity index (χ1) is 9.61. The maximum atomic E-state index is 5.99. The fraction of sp³-hybridized carbons (Fsp3) is 0.667. The van der Waals surface area contributed by atoms with Crippen LogP contribution in [0.1, 0.15) is 31.4 Å². The van der Waals surface area contributed by atoms with Crippen LogP contribution < -0.4 is 10.5 Å². The van der Waals surface area contributed by atoms with Crippen molar-refractivity contribution < 1.29 is 9.47 Å². The van der Waals surface area contributed by atoms with Crippen LogP contribution in [0.15, 0.2) is 18.3 Å². The molecule has 1 fully saturated rings. The summed E-state index contributed by atoms with van der Waals surface area (Å²) in [6.45, 7) is 4.69. The molecule has 0 aliphatic carbocycles. The van der Waals surface area contributed by atoms with E-state index in [2.05, 4.69) is 16.8 Å². The molecule has 0 saturated carbocycles. The number of hydrogen-bond donors (Lipinski definition) is 1. The second kappa shape index (κ2) is 6.52. The largest absolute Gasteiger partial charge is 0.481 e. The van der Waals surface area contributed by atoms with Crippen molar-refractivity contribution in [2.75, 3.05) is 33.9 Å². The van der Waals surface area contributed by atoms with Gasteiger partial charge in [0, 0.05) is 38.5 Å². The summed E-state index contributed by atoms with van der Waals surface area (Å²) in [5.41, 5.74) is 7.05. The Bertz CT molecular complexity index is 424. The number of piperidine rings is 1. The summed E-state index contributed by atoms with van der Waals surface area (Å²) in [7, 11) is 3.41. The molecule has 0 amide bonds. The predicted octanol–water partition coefficient (Wildman–Crippen LogP) is 1.59. The SMILES string of the molecule is COc1ccc(C(CN)N2CCCC(C)(OC)C2)cn1. The molecule has 1 aromatic heterocycles. The Kier molecular flexibility index (Phi) is 4.96. The third-order valence-corrected chi connectivity index (χ3v) is 4.20. The first-order valence-corrected chi connectivity index (χ1v) is 7.11. The third-order valence-electron chi connectivity index (χ3n) is 4.20. The van der Waals surface area contributed by atoms with Gasteiger partial charge in [0.05, 0.1) is 12.7 Å². The van der Waals surface area contributed by atoms with Crippen LogP contribution in [0, 0.1) is 0 Å². The highest BCUT2D eigenvalue weighted by Gasteiger charge is 2.34. The van der Waals surface area contributed by atoms with E-state index in [1.807, 2.05) is 18.3 Å². The van der Waals surface area contributed by atoms with Crippen LogP contribution in [-0.2, 0) is 4.74 Å². The van der Waals surface area contributed by atoms with Gasteiger partial charge in [0.1, 0.15) is 0 Å². The van der Waals surface area contributed by atoms with Gasteiger partial charge in [-0.15, -0.1) is 0 Å². The second-order valence-corrected chi connectivity index (χ2v) is 5.61. The first kappa shape index (κ1) is 15.2. The zero-order valence-corrected chi connectivity index (χ0v) is 12.6. The molecule has 2 unspecified atom stereocenters. The minimum absolute atomic E-state index is 0.0778. The molecule has 0 radical (unpaired) electrons.